The van der Waals surface area contributed by atoms with Crippen molar-refractivity contribution in [2.45, 2.75) is 6.42 Å². The number of nitrogens with zero attached hydrogens (tertiary/aromatic N) is 4. The summed E-state index contributed by atoms with van der Waals surface area (Å²) in [5.41, 5.74) is 1.10. The molecule has 1 atom stereocenters. The molecule has 8 heteroatoms. The van der Waals surface area contributed by atoms with Gasteiger partial charge in [0.05, 0.1) is 6.61 Å². The highest BCUT2D eigenvalue weighted by atomic mass is 127. The lowest BCUT2D eigenvalue weighted by Crippen LogP contribution is -2.49. The summed E-state index contributed by atoms with van der Waals surface area (Å²) in [7, 11) is 3.93. The van der Waals surface area contributed by atoms with Crippen LogP contribution in [-0.2, 0) is 4.74 Å². The molecule has 2 saturated heterocycles. The Labute approximate surface area is 185 Å². The molecule has 6 nitrogen and oxygen atoms in total. The number of guanidine groups is 1. The Kier molecular flexibility index (Phi) is 9.73. The second-order valence-corrected chi connectivity index (χ2v) is 7.39. The molecule has 0 aromatic heterocycles. The van der Waals surface area contributed by atoms with Gasteiger partial charge >= 0.3 is 0 Å². The van der Waals surface area contributed by atoms with Gasteiger partial charge in [0, 0.05) is 78.1 Å². The van der Waals surface area contributed by atoms with Crippen LogP contribution in [0.5, 0.6) is 0 Å². The zero-order valence-electron chi connectivity index (χ0n) is 16.9. The van der Waals surface area contributed by atoms with Gasteiger partial charge in [-0.3, -0.25) is 9.89 Å². The summed E-state index contributed by atoms with van der Waals surface area (Å²) < 4.78 is 18.5. The molecule has 0 radical (unpaired) electrons. The standard InChI is InChI=1S/C20H32FN5O.HI/c1-22-20(24(2)15-17-7-14-27-16-17)23-8-9-25-10-12-26(13-11-25)19-5-3-18(21)4-6-19;/h3-6,17H,7-16H2,1-2H3,(H,22,23);1H. The minimum atomic E-state index is -0.178. The van der Waals surface area contributed by atoms with Gasteiger partial charge < -0.3 is 19.9 Å². The zero-order chi connectivity index (χ0) is 19.1. The van der Waals surface area contributed by atoms with Gasteiger partial charge in [-0.2, -0.15) is 0 Å². The van der Waals surface area contributed by atoms with E-state index in [2.05, 4.69) is 32.1 Å². The minimum Gasteiger partial charge on any atom is -0.381 e. The Hall–Kier alpha value is -1.13. The summed E-state index contributed by atoms with van der Waals surface area (Å²) in [5, 5.41) is 3.48. The van der Waals surface area contributed by atoms with Crippen molar-refractivity contribution in [1.29, 1.82) is 0 Å². The first kappa shape index (κ1) is 23.2. The van der Waals surface area contributed by atoms with E-state index in [1.807, 2.05) is 19.2 Å². The number of piperazine rings is 1. The highest BCUT2D eigenvalue weighted by Gasteiger charge is 2.20. The molecule has 2 heterocycles. The smallest absolute Gasteiger partial charge is 0.193 e. The van der Waals surface area contributed by atoms with E-state index in [4.69, 9.17) is 4.74 Å². The minimum absolute atomic E-state index is 0. The largest absolute Gasteiger partial charge is 0.381 e. The number of anilines is 1. The zero-order valence-corrected chi connectivity index (χ0v) is 19.3. The first-order chi connectivity index (χ1) is 13.2. The monoisotopic (exact) mass is 505 g/mol. The van der Waals surface area contributed by atoms with E-state index in [0.29, 0.717) is 5.92 Å². The van der Waals surface area contributed by atoms with E-state index in [9.17, 15) is 4.39 Å². The van der Waals surface area contributed by atoms with Gasteiger partial charge in [0.1, 0.15) is 5.82 Å². The van der Waals surface area contributed by atoms with Crippen molar-refractivity contribution in [3.8, 4) is 0 Å². The second-order valence-electron chi connectivity index (χ2n) is 7.39. The molecule has 0 amide bonds. The quantitative estimate of drug-likeness (QED) is 0.365. The van der Waals surface area contributed by atoms with Crippen LogP contribution in [-0.4, -0.2) is 88.9 Å². The third-order valence-electron chi connectivity index (χ3n) is 5.40. The Bertz CT molecular complexity index is 601. The highest BCUT2D eigenvalue weighted by Crippen LogP contribution is 2.17. The van der Waals surface area contributed by atoms with Crippen molar-refractivity contribution in [3.05, 3.63) is 30.1 Å². The third-order valence-corrected chi connectivity index (χ3v) is 5.40. The molecule has 1 aromatic carbocycles. The van der Waals surface area contributed by atoms with Gasteiger partial charge in [-0.05, 0) is 30.7 Å². The maximum absolute atomic E-state index is 13.1. The molecule has 158 valence electrons. The fourth-order valence-corrected chi connectivity index (χ4v) is 3.79. The summed E-state index contributed by atoms with van der Waals surface area (Å²) in [6.45, 7) is 8.60. The molecular formula is C20H33FIN5O. The molecular weight excluding hydrogens is 472 g/mol. The van der Waals surface area contributed by atoms with Crippen LogP contribution >= 0.6 is 24.0 Å². The van der Waals surface area contributed by atoms with Crippen molar-refractivity contribution in [3.63, 3.8) is 0 Å². The molecule has 0 spiro atoms. The topological polar surface area (TPSA) is 43.3 Å². The maximum Gasteiger partial charge on any atom is 0.193 e. The molecule has 2 fully saturated rings. The summed E-state index contributed by atoms with van der Waals surface area (Å²) in [6.07, 6.45) is 1.14. The van der Waals surface area contributed by atoms with Crippen LogP contribution in [0.4, 0.5) is 10.1 Å². The third kappa shape index (κ3) is 6.73. The Balaban J connectivity index is 0.00000280. The number of aliphatic imine (C=N–C) groups is 1. The Morgan fingerprint density at radius 1 is 1.25 bits per heavy atom. The van der Waals surface area contributed by atoms with Crippen molar-refractivity contribution in [2.75, 3.05) is 78.0 Å². The molecule has 0 bridgehead atoms. The van der Waals surface area contributed by atoms with Gasteiger partial charge in [-0.1, -0.05) is 0 Å². The summed E-state index contributed by atoms with van der Waals surface area (Å²) in [4.78, 5) is 11.4. The molecule has 0 saturated carbocycles. The molecule has 1 unspecified atom stereocenters. The van der Waals surface area contributed by atoms with E-state index in [-0.39, 0.29) is 29.8 Å². The maximum atomic E-state index is 13.1. The lowest BCUT2D eigenvalue weighted by atomic mass is 10.1. The van der Waals surface area contributed by atoms with Crippen molar-refractivity contribution < 1.29 is 9.13 Å². The first-order valence-corrected chi connectivity index (χ1v) is 9.88. The van der Waals surface area contributed by atoms with Crippen LogP contribution in [0.3, 0.4) is 0 Å². The van der Waals surface area contributed by atoms with E-state index < -0.39 is 0 Å². The fraction of sp³-hybridized carbons (Fsp3) is 0.650. The average Bonchev–Trinajstić information content (AvgIpc) is 3.19. The summed E-state index contributed by atoms with van der Waals surface area (Å²) in [5.74, 6) is 1.38. The van der Waals surface area contributed by atoms with Gasteiger partial charge in [0.15, 0.2) is 5.96 Å². The van der Waals surface area contributed by atoms with E-state index in [1.54, 1.807) is 0 Å². The van der Waals surface area contributed by atoms with Crippen molar-refractivity contribution in [2.24, 2.45) is 10.9 Å². The average molecular weight is 505 g/mol. The summed E-state index contributed by atoms with van der Waals surface area (Å²) in [6, 6.07) is 6.79. The number of ether oxygens (including phenoxy) is 1. The first-order valence-electron chi connectivity index (χ1n) is 9.88. The van der Waals surface area contributed by atoms with E-state index in [1.165, 1.54) is 12.1 Å². The van der Waals surface area contributed by atoms with E-state index in [0.717, 1.165) is 77.1 Å². The Morgan fingerprint density at radius 2 is 1.96 bits per heavy atom. The highest BCUT2D eigenvalue weighted by molar-refractivity contribution is 14.0. The SMILES string of the molecule is CN=C(NCCN1CCN(c2ccc(F)cc2)CC1)N(C)CC1CCOC1.I. The second kappa shape index (κ2) is 11.8. The van der Waals surface area contributed by atoms with Crippen molar-refractivity contribution >= 4 is 35.6 Å². The predicted octanol–water partition coefficient (Wildman–Crippen LogP) is 2.11. The van der Waals surface area contributed by atoms with Crippen LogP contribution in [0.15, 0.2) is 29.3 Å². The van der Waals surface area contributed by atoms with E-state index >= 15 is 0 Å². The molecule has 0 aliphatic carbocycles. The van der Waals surface area contributed by atoms with Crippen LogP contribution in [0.25, 0.3) is 0 Å². The molecule has 28 heavy (non-hydrogen) atoms. The number of rotatable bonds is 6. The van der Waals surface area contributed by atoms with Gasteiger partial charge in [0.25, 0.3) is 0 Å². The number of hydrogen-bond acceptors (Lipinski definition) is 4. The lowest BCUT2D eigenvalue weighted by molar-refractivity contribution is 0.181. The molecule has 2 aliphatic rings. The number of nitrogens with one attached hydrogen (secondary N) is 1. The molecule has 1 aromatic rings. The van der Waals surface area contributed by atoms with Crippen LogP contribution in [0.1, 0.15) is 6.42 Å². The van der Waals surface area contributed by atoms with Crippen LogP contribution in [0.2, 0.25) is 0 Å². The predicted molar refractivity (Wildman–Crippen MR) is 123 cm³/mol. The molecule has 2 aliphatic heterocycles. The normalized spacial score (nSPS) is 20.8. The fourth-order valence-electron chi connectivity index (χ4n) is 3.79. The number of halogens is 2. The Morgan fingerprint density at radius 3 is 2.57 bits per heavy atom. The summed E-state index contributed by atoms with van der Waals surface area (Å²) >= 11 is 0. The molecule has 1 N–H and O–H groups in total. The van der Waals surface area contributed by atoms with Gasteiger partial charge in [0.2, 0.25) is 0 Å². The number of hydrogen-bond donors (Lipinski definition) is 1. The van der Waals surface area contributed by atoms with Gasteiger partial charge in [-0.25, -0.2) is 4.39 Å². The number of benzene rings is 1. The van der Waals surface area contributed by atoms with Crippen LogP contribution < -0.4 is 10.2 Å². The van der Waals surface area contributed by atoms with Crippen LogP contribution in [0, 0.1) is 11.7 Å². The lowest BCUT2D eigenvalue weighted by Gasteiger charge is -2.36. The van der Waals surface area contributed by atoms with Crippen molar-refractivity contribution in [1.82, 2.24) is 15.1 Å². The van der Waals surface area contributed by atoms with Gasteiger partial charge in [-0.15, -0.1) is 24.0 Å². The molecule has 3 rings (SSSR count).